The second-order valence-corrected chi connectivity index (χ2v) is 5.09. The minimum absolute atomic E-state index is 0.587. The second kappa shape index (κ2) is 5.25. The number of ether oxygens (including phenoxy) is 2. The summed E-state index contributed by atoms with van der Waals surface area (Å²) in [6, 6.07) is 6.01. The molecule has 3 rings (SSSR count). The lowest BCUT2D eigenvalue weighted by Crippen LogP contribution is -1.97. The van der Waals surface area contributed by atoms with Crippen LogP contribution in [-0.2, 0) is 6.42 Å². The molecule has 2 aromatic rings. The van der Waals surface area contributed by atoms with Crippen LogP contribution in [0.1, 0.15) is 25.3 Å². The van der Waals surface area contributed by atoms with Crippen LogP contribution in [0.5, 0.6) is 11.5 Å². The van der Waals surface area contributed by atoms with Gasteiger partial charge in [-0.3, -0.25) is 0 Å². The van der Waals surface area contributed by atoms with E-state index in [0.29, 0.717) is 18.4 Å². The van der Waals surface area contributed by atoms with E-state index in [0.717, 1.165) is 47.2 Å². The monoisotopic (exact) mass is 277 g/mol. The Morgan fingerprint density at radius 2 is 1.89 bits per heavy atom. The number of hydrogen-bond donors (Lipinski definition) is 0. The average Bonchev–Trinajstić information content (AvgIpc) is 2.62. The van der Waals surface area contributed by atoms with Crippen molar-refractivity contribution < 1.29 is 9.47 Å². The Bertz CT molecular complexity index is 613. The van der Waals surface area contributed by atoms with Crippen LogP contribution in [0.3, 0.4) is 0 Å². The van der Waals surface area contributed by atoms with Crippen molar-refractivity contribution in [2.75, 3.05) is 13.2 Å². The fraction of sp³-hybridized carbons (Fsp3) is 0.400. The third-order valence-electron chi connectivity index (χ3n) is 3.23. The zero-order valence-electron chi connectivity index (χ0n) is 10.9. The SMILES string of the molecule is CCCc1cc2cc3c(cc2nc1Cl)OCCCO3. The lowest BCUT2D eigenvalue weighted by molar-refractivity contribution is 0.297. The van der Waals surface area contributed by atoms with Gasteiger partial charge in [0.15, 0.2) is 11.5 Å². The fourth-order valence-corrected chi connectivity index (χ4v) is 2.54. The first-order chi connectivity index (χ1) is 9.28. The summed E-state index contributed by atoms with van der Waals surface area (Å²) in [5.74, 6) is 1.56. The van der Waals surface area contributed by atoms with Crippen LogP contribution in [0.25, 0.3) is 10.9 Å². The highest BCUT2D eigenvalue weighted by atomic mass is 35.5. The predicted octanol–water partition coefficient (Wildman–Crippen LogP) is 4.00. The maximum absolute atomic E-state index is 6.21. The average molecular weight is 278 g/mol. The molecule has 100 valence electrons. The Hall–Kier alpha value is -1.48. The van der Waals surface area contributed by atoms with Crippen molar-refractivity contribution in [3.63, 3.8) is 0 Å². The lowest BCUT2D eigenvalue weighted by Gasteiger charge is -2.10. The first kappa shape index (κ1) is 12.5. The van der Waals surface area contributed by atoms with Gasteiger partial charge in [0.1, 0.15) is 5.15 Å². The number of nitrogens with zero attached hydrogens (tertiary/aromatic N) is 1. The summed E-state index contributed by atoms with van der Waals surface area (Å²) in [5.41, 5.74) is 1.94. The summed E-state index contributed by atoms with van der Waals surface area (Å²) < 4.78 is 11.4. The van der Waals surface area contributed by atoms with Crippen molar-refractivity contribution in [1.82, 2.24) is 4.98 Å². The van der Waals surface area contributed by atoms with Crippen LogP contribution in [0.2, 0.25) is 5.15 Å². The molecule has 0 spiro atoms. The molecule has 0 amide bonds. The van der Waals surface area contributed by atoms with E-state index in [1.807, 2.05) is 12.1 Å². The molecule has 0 fully saturated rings. The molecule has 1 aliphatic rings. The third kappa shape index (κ3) is 2.47. The third-order valence-corrected chi connectivity index (χ3v) is 3.56. The van der Waals surface area contributed by atoms with Gasteiger partial charge in [0.05, 0.1) is 18.7 Å². The number of aryl methyl sites for hydroxylation is 1. The maximum atomic E-state index is 6.21. The van der Waals surface area contributed by atoms with Gasteiger partial charge in [-0.15, -0.1) is 0 Å². The Labute approximate surface area is 117 Å². The number of benzene rings is 1. The normalized spacial score (nSPS) is 14.4. The molecule has 0 saturated heterocycles. The number of aromatic nitrogens is 1. The molecule has 0 N–H and O–H groups in total. The van der Waals surface area contributed by atoms with Crippen LogP contribution in [0, 0.1) is 0 Å². The van der Waals surface area contributed by atoms with Crippen molar-refractivity contribution in [3.8, 4) is 11.5 Å². The number of rotatable bonds is 2. The number of pyridine rings is 1. The van der Waals surface area contributed by atoms with Gasteiger partial charge >= 0.3 is 0 Å². The highest BCUT2D eigenvalue weighted by molar-refractivity contribution is 6.30. The van der Waals surface area contributed by atoms with Crippen molar-refractivity contribution in [2.45, 2.75) is 26.2 Å². The summed E-state index contributed by atoms with van der Waals surface area (Å²) in [7, 11) is 0. The molecule has 1 aromatic heterocycles. The van der Waals surface area contributed by atoms with E-state index in [1.54, 1.807) is 0 Å². The molecule has 19 heavy (non-hydrogen) atoms. The standard InChI is InChI=1S/C15H16ClNO2/c1-2-4-10-7-11-8-13-14(19-6-3-5-18-13)9-12(11)17-15(10)16/h7-9H,2-6H2,1H3. The quantitative estimate of drug-likeness (QED) is 0.778. The first-order valence-electron chi connectivity index (χ1n) is 6.66. The van der Waals surface area contributed by atoms with Crippen molar-refractivity contribution >= 4 is 22.5 Å². The van der Waals surface area contributed by atoms with Gasteiger partial charge in [-0.05, 0) is 24.1 Å². The lowest BCUT2D eigenvalue weighted by atomic mass is 10.1. The van der Waals surface area contributed by atoms with E-state index < -0.39 is 0 Å². The molecule has 0 atom stereocenters. The minimum atomic E-state index is 0.587. The summed E-state index contributed by atoms with van der Waals surface area (Å²) >= 11 is 6.21. The molecule has 1 aromatic carbocycles. The minimum Gasteiger partial charge on any atom is -0.490 e. The highest BCUT2D eigenvalue weighted by Gasteiger charge is 2.13. The molecule has 4 heteroatoms. The number of fused-ring (bicyclic) bond motifs is 2. The first-order valence-corrected chi connectivity index (χ1v) is 7.04. The van der Waals surface area contributed by atoms with Gasteiger partial charge in [0, 0.05) is 17.9 Å². The Morgan fingerprint density at radius 3 is 2.63 bits per heavy atom. The Morgan fingerprint density at radius 1 is 1.16 bits per heavy atom. The molecule has 1 aliphatic heterocycles. The van der Waals surface area contributed by atoms with Crippen LogP contribution in [0.15, 0.2) is 18.2 Å². The molecule has 0 saturated carbocycles. The van der Waals surface area contributed by atoms with Crippen molar-refractivity contribution in [3.05, 3.63) is 28.9 Å². The summed E-state index contributed by atoms with van der Waals surface area (Å²) in [6.45, 7) is 3.51. The molecule has 0 unspecified atom stereocenters. The van der Waals surface area contributed by atoms with Crippen LogP contribution >= 0.6 is 11.6 Å². The molecule has 0 radical (unpaired) electrons. The zero-order valence-corrected chi connectivity index (χ0v) is 11.7. The maximum Gasteiger partial charge on any atom is 0.163 e. The van der Waals surface area contributed by atoms with E-state index in [9.17, 15) is 0 Å². The summed E-state index contributed by atoms with van der Waals surface area (Å²) in [4.78, 5) is 4.46. The van der Waals surface area contributed by atoms with Gasteiger partial charge in [-0.2, -0.15) is 0 Å². The van der Waals surface area contributed by atoms with Gasteiger partial charge in [0.25, 0.3) is 0 Å². The van der Waals surface area contributed by atoms with E-state index in [1.165, 1.54) is 0 Å². The van der Waals surface area contributed by atoms with Crippen molar-refractivity contribution in [1.29, 1.82) is 0 Å². The Balaban J connectivity index is 2.12. The fourth-order valence-electron chi connectivity index (χ4n) is 2.30. The smallest absolute Gasteiger partial charge is 0.163 e. The topological polar surface area (TPSA) is 31.4 Å². The molecule has 2 heterocycles. The summed E-state index contributed by atoms with van der Waals surface area (Å²) in [6.07, 6.45) is 2.90. The molecular formula is C15H16ClNO2. The zero-order chi connectivity index (χ0) is 13.2. The Kier molecular flexibility index (Phi) is 3.47. The van der Waals surface area contributed by atoms with Crippen LogP contribution in [0.4, 0.5) is 0 Å². The molecule has 0 aliphatic carbocycles. The second-order valence-electron chi connectivity index (χ2n) is 4.73. The van der Waals surface area contributed by atoms with Gasteiger partial charge in [-0.1, -0.05) is 24.9 Å². The largest absolute Gasteiger partial charge is 0.490 e. The van der Waals surface area contributed by atoms with Crippen molar-refractivity contribution in [2.24, 2.45) is 0 Å². The van der Waals surface area contributed by atoms with E-state index in [-0.39, 0.29) is 0 Å². The van der Waals surface area contributed by atoms with E-state index >= 15 is 0 Å². The van der Waals surface area contributed by atoms with Crippen LogP contribution < -0.4 is 9.47 Å². The predicted molar refractivity (Wildman–Crippen MR) is 76.4 cm³/mol. The van der Waals surface area contributed by atoms with Crippen LogP contribution in [-0.4, -0.2) is 18.2 Å². The highest BCUT2D eigenvalue weighted by Crippen LogP contribution is 2.35. The van der Waals surface area contributed by atoms with E-state index in [2.05, 4.69) is 18.0 Å². The number of halogens is 1. The summed E-state index contributed by atoms with van der Waals surface area (Å²) in [5, 5.41) is 1.64. The molecule has 3 nitrogen and oxygen atoms in total. The molecular weight excluding hydrogens is 262 g/mol. The molecule has 0 bridgehead atoms. The van der Waals surface area contributed by atoms with Gasteiger partial charge in [-0.25, -0.2) is 4.98 Å². The van der Waals surface area contributed by atoms with E-state index in [4.69, 9.17) is 21.1 Å². The number of hydrogen-bond acceptors (Lipinski definition) is 3. The van der Waals surface area contributed by atoms with Gasteiger partial charge < -0.3 is 9.47 Å². The van der Waals surface area contributed by atoms with Gasteiger partial charge in [0.2, 0.25) is 0 Å².